The molecule has 0 aromatic rings. The van der Waals surface area contributed by atoms with Crippen LogP contribution in [0.3, 0.4) is 0 Å². The molecule has 0 atom stereocenters. The van der Waals surface area contributed by atoms with Gasteiger partial charge >= 0.3 is 0 Å². The number of hydrogen-bond acceptors (Lipinski definition) is 1. The summed E-state index contributed by atoms with van der Waals surface area (Å²) in [5, 5.41) is 0. The quantitative estimate of drug-likeness (QED) is 0.547. The average molecular weight is 155 g/mol. The van der Waals surface area contributed by atoms with Crippen LogP contribution in [0.5, 0.6) is 0 Å². The predicted molar refractivity (Wildman–Crippen MR) is 43.2 cm³/mol. The van der Waals surface area contributed by atoms with Gasteiger partial charge in [-0.25, -0.2) is 4.39 Å². The zero-order valence-corrected chi connectivity index (χ0v) is 6.72. The SMILES string of the molecule is C=CCN1CC2(CC(F)C2)C1. The van der Waals surface area contributed by atoms with E-state index >= 15 is 0 Å². The van der Waals surface area contributed by atoms with Gasteiger partial charge in [0.05, 0.1) is 0 Å². The standard InChI is InChI=1S/C9H14FN/c1-2-3-11-6-9(7-11)4-8(10)5-9/h2,8H,1,3-7H2. The van der Waals surface area contributed by atoms with Gasteiger partial charge < -0.3 is 0 Å². The van der Waals surface area contributed by atoms with E-state index in [-0.39, 0.29) is 0 Å². The van der Waals surface area contributed by atoms with Gasteiger partial charge in [-0.2, -0.15) is 0 Å². The Morgan fingerprint density at radius 3 is 2.64 bits per heavy atom. The molecule has 0 aromatic carbocycles. The minimum absolute atomic E-state index is 0.391. The topological polar surface area (TPSA) is 3.24 Å². The molecular weight excluding hydrogens is 141 g/mol. The Balaban J connectivity index is 1.75. The third kappa shape index (κ3) is 1.09. The minimum atomic E-state index is -0.499. The van der Waals surface area contributed by atoms with Crippen LogP contribution in [0, 0.1) is 5.41 Å². The lowest BCUT2D eigenvalue weighted by molar-refractivity contribution is -0.0968. The first kappa shape index (κ1) is 7.29. The summed E-state index contributed by atoms with van der Waals surface area (Å²) < 4.78 is 12.5. The molecule has 2 aliphatic rings. The van der Waals surface area contributed by atoms with Gasteiger partial charge in [-0.15, -0.1) is 6.58 Å². The normalized spacial score (nSPS) is 29.5. The summed E-state index contributed by atoms with van der Waals surface area (Å²) in [6.45, 7) is 6.84. The molecule has 0 unspecified atom stereocenters. The monoisotopic (exact) mass is 155 g/mol. The van der Waals surface area contributed by atoms with Crippen molar-refractivity contribution in [3.63, 3.8) is 0 Å². The van der Waals surface area contributed by atoms with Crippen molar-refractivity contribution in [1.82, 2.24) is 4.90 Å². The van der Waals surface area contributed by atoms with Crippen LogP contribution < -0.4 is 0 Å². The smallest absolute Gasteiger partial charge is 0.101 e. The highest BCUT2D eigenvalue weighted by atomic mass is 19.1. The first-order valence-electron chi connectivity index (χ1n) is 4.21. The Bertz CT molecular complexity index is 164. The summed E-state index contributed by atoms with van der Waals surface area (Å²) in [5.41, 5.74) is 0.391. The fourth-order valence-electron chi connectivity index (χ4n) is 2.35. The zero-order valence-electron chi connectivity index (χ0n) is 6.72. The van der Waals surface area contributed by atoms with E-state index in [1.807, 2.05) is 6.08 Å². The van der Waals surface area contributed by atoms with Crippen molar-refractivity contribution in [1.29, 1.82) is 0 Å². The van der Waals surface area contributed by atoms with Crippen LogP contribution in [0.25, 0.3) is 0 Å². The molecule has 0 amide bonds. The largest absolute Gasteiger partial charge is 0.298 e. The average Bonchev–Trinajstić information content (AvgIpc) is 1.80. The zero-order chi connectivity index (χ0) is 7.90. The Morgan fingerprint density at radius 2 is 2.18 bits per heavy atom. The molecule has 1 saturated carbocycles. The molecule has 1 saturated heterocycles. The van der Waals surface area contributed by atoms with Gasteiger partial charge in [-0.3, -0.25) is 4.90 Å². The number of rotatable bonds is 2. The van der Waals surface area contributed by atoms with E-state index in [1.54, 1.807) is 0 Å². The highest BCUT2D eigenvalue weighted by molar-refractivity contribution is 5.05. The van der Waals surface area contributed by atoms with E-state index in [4.69, 9.17) is 0 Å². The third-order valence-electron chi connectivity index (χ3n) is 2.81. The molecule has 1 aliphatic carbocycles. The molecule has 2 heteroatoms. The molecule has 0 N–H and O–H groups in total. The van der Waals surface area contributed by atoms with Gasteiger partial charge in [-0.05, 0) is 12.8 Å². The molecule has 62 valence electrons. The van der Waals surface area contributed by atoms with E-state index in [0.29, 0.717) is 5.41 Å². The van der Waals surface area contributed by atoms with E-state index in [0.717, 1.165) is 32.5 Å². The van der Waals surface area contributed by atoms with Crippen LogP contribution in [0.15, 0.2) is 12.7 Å². The minimum Gasteiger partial charge on any atom is -0.298 e. The molecule has 1 spiro atoms. The van der Waals surface area contributed by atoms with Crippen molar-refractivity contribution < 1.29 is 4.39 Å². The van der Waals surface area contributed by atoms with Gasteiger partial charge in [-0.1, -0.05) is 6.08 Å². The summed E-state index contributed by atoms with van der Waals surface area (Å²) in [6.07, 6.45) is 3.03. The Labute approximate surface area is 66.9 Å². The van der Waals surface area contributed by atoms with Crippen LogP contribution >= 0.6 is 0 Å². The molecular formula is C9H14FN. The number of halogens is 1. The van der Waals surface area contributed by atoms with Gasteiger partial charge in [0.2, 0.25) is 0 Å². The van der Waals surface area contributed by atoms with Crippen LogP contribution in [-0.4, -0.2) is 30.7 Å². The lowest BCUT2D eigenvalue weighted by Crippen LogP contribution is -2.62. The highest BCUT2D eigenvalue weighted by Crippen LogP contribution is 2.49. The summed E-state index contributed by atoms with van der Waals surface area (Å²) in [7, 11) is 0. The second kappa shape index (κ2) is 2.31. The maximum absolute atomic E-state index is 12.5. The van der Waals surface area contributed by atoms with Crippen LogP contribution in [-0.2, 0) is 0 Å². The number of alkyl halides is 1. The summed E-state index contributed by atoms with van der Waals surface area (Å²) in [6, 6.07) is 0. The lowest BCUT2D eigenvalue weighted by atomic mass is 9.62. The molecule has 1 nitrogen and oxygen atoms in total. The summed E-state index contributed by atoms with van der Waals surface area (Å²) >= 11 is 0. The maximum atomic E-state index is 12.5. The van der Waals surface area contributed by atoms with Crippen LogP contribution in [0.4, 0.5) is 4.39 Å². The van der Waals surface area contributed by atoms with Crippen molar-refractivity contribution in [3.8, 4) is 0 Å². The van der Waals surface area contributed by atoms with Gasteiger partial charge in [0.25, 0.3) is 0 Å². The van der Waals surface area contributed by atoms with E-state index < -0.39 is 6.17 Å². The lowest BCUT2D eigenvalue weighted by Gasteiger charge is -2.57. The van der Waals surface area contributed by atoms with Gasteiger partial charge in [0, 0.05) is 25.0 Å². The van der Waals surface area contributed by atoms with Crippen LogP contribution in [0.1, 0.15) is 12.8 Å². The molecule has 1 heterocycles. The molecule has 0 aromatic heterocycles. The van der Waals surface area contributed by atoms with E-state index in [9.17, 15) is 4.39 Å². The van der Waals surface area contributed by atoms with Gasteiger partial charge in [0.1, 0.15) is 6.17 Å². The predicted octanol–water partition coefficient (Wildman–Crippen LogP) is 1.61. The second-order valence-electron chi connectivity index (χ2n) is 3.96. The van der Waals surface area contributed by atoms with Crippen molar-refractivity contribution in [2.75, 3.05) is 19.6 Å². The highest BCUT2D eigenvalue weighted by Gasteiger charge is 2.52. The first-order valence-corrected chi connectivity index (χ1v) is 4.21. The van der Waals surface area contributed by atoms with Crippen molar-refractivity contribution in [2.24, 2.45) is 5.41 Å². The van der Waals surface area contributed by atoms with E-state index in [1.165, 1.54) is 0 Å². The Hall–Kier alpha value is -0.370. The third-order valence-corrected chi connectivity index (χ3v) is 2.81. The Kier molecular flexibility index (Phi) is 1.53. The second-order valence-corrected chi connectivity index (χ2v) is 3.96. The molecule has 2 rings (SSSR count). The van der Waals surface area contributed by atoms with Crippen molar-refractivity contribution >= 4 is 0 Å². The maximum Gasteiger partial charge on any atom is 0.101 e. The van der Waals surface area contributed by atoms with Gasteiger partial charge in [0.15, 0.2) is 0 Å². The number of likely N-dealkylation sites (tertiary alicyclic amines) is 1. The van der Waals surface area contributed by atoms with E-state index in [2.05, 4.69) is 11.5 Å². The fourth-order valence-corrected chi connectivity index (χ4v) is 2.35. The number of hydrogen-bond donors (Lipinski definition) is 0. The molecule has 1 aliphatic heterocycles. The molecule has 2 fully saturated rings. The van der Waals surface area contributed by atoms with Crippen molar-refractivity contribution in [2.45, 2.75) is 19.0 Å². The Morgan fingerprint density at radius 1 is 1.55 bits per heavy atom. The summed E-state index contributed by atoms with van der Waals surface area (Å²) in [4.78, 5) is 2.32. The fraction of sp³-hybridized carbons (Fsp3) is 0.778. The summed E-state index contributed by atoms with van der Waals surface area (Å²) in [5.74, 6) is 0. The molecule has 0 radical (unpaired) electrons. The molecule has 11 heavy (non-hydrogen) atoms. The molecule has 0 bridgehead atoms. The van der Waals surface area contributed by atoms with Crippen LogP contribution in [0.2, 0.25) is 0 Å². The first-order chi connectivity index (χ1) is 5.24. The number of nitrogens with zero attached hydrogens (tertiary/aromatic N) is 1. The van der Waals surface area contributed by atoms with Crippen molar-refractivity contribution in [3.05, 3.63) is 12.7 Å².